The lowest BCUT2D eigenvalue weighted by Gasteiger charge is -2.57. The molecule has 5 atom stereocenters. The minimum Gasteiger partial charge on any atom is -0.466 e. The Morgan fingerprint density at radius 2 is 2.14 bits per heavy atom. The van der Waals surface area contributed by atoms with Gasteiger partial charge in [0, 0.05) is 4.92 Å². The second-order valence-electron chi connectivity index (χ2n) is 7.27. The smallest absolute Gasteiger partial charge is 0.306 e. The summed E-state index contributed by atoms with van der Waals surface area (Å²) in [5, 5.41) is 11.2. The zero-order chi connectivity index (χ0) is 15.0. The van der Waals surface area contributed by atoms with Gasteiger partial charge in [0.2, 0.25) is 6.54 Å². The van der Waals surface area contributed by atoms with Crippen LogP contribution in [0.2, 0.25) is 0 Å². The second kappa shape index (κ2) is 5.58. The van der Waals surface area contributed by atoms with E-state index >= 15 is 0 Å². The number of nitrogens with zero attached hydrogens (tertiary/aromatic N) is 1. The lowest BCUT2D eigenvalue weighted by Crippen LogP contribution is -2.59. The van der Waals surface area contributed by atoms with Crippen molar-refractivity contribution in [3.05, 3.63) is 10.1 Å². The fourth-order valence-corrected chi connectivity index (χ4v) is 5.46. The molecule has 0 unspecified atom stereocenters. The van der Waals surface area contributed by atoms with E-state index in [-0.39, 0.29) is 23.9 Å². The molecular formula is C16H25NO4. The van der Waals surface area contributed by atoms with E-state index in [4.69, 9.17) is 4.74 Å². The fraction of sp³-hybridized carbons (Fsp3) is 0.938. The highest BCUT2D eigenvalue weighted by atomic mass is 16.6. The highest BCUT2D eigenvalue weighted by Gasteiger charge is 2.68. The topological polar surface area (TPSA) is 69.4 Å². The molecule has 0 saturated heterocycles. The molecule has 0 aliphatic heterocycles. The summed E-state index contributed by atoms with van der Waals surface area (Å²) in [6, 6.07) is 0. The van der Waals surface area contributed by atoms with Crippen molar-refractivity contribution in [1.82, 2.24) is 0 Å². The van der Waals surface area contributed by atoms with E-state index in [2.05, 4.69) is 6.92 Å². The number of ether oxygens (including phenoxy) is 1. The number of unbranched alkanes of at least 4 members (excludes halogenated alkanes) is 1. The summed E-state index contributed by atoms with van der Waals surface area (Å²) in [5.74, 6) is 1.94. The molecule has 5 heteroatoms. The first-order valence-electron chi connectivity index (χ1n) is 8.34. The molecule has 0 amide bonds. The average Bonchev–Trinajstić information content (AvgIpc) is 2.62. The van der Waals surface area contributed by atoms with Gasteiger partial charge in [-0.3, -0.25) is 14.9 Å². The van der Waals surface area contributed by atoms with E-state index in [0.717, 1.165) is 31.6 Å². The van der Waals surface area contributed by atoms with Crippen LogP contribution in [0.15, 0.2) is 0 Å². The molecule has 0 aromatic heterocycles. The van der Waals surface area contributed by atoms with E-state index in [9.17, 15) is 14.9 Å². The average molecular weight is 295 g/mol. The first-order valence-corrected chi connectivity index (χ1v) is 8.34. The van der Waals surface area contributed by atoms with Gasteiger partial charge in [-0.2, -0.15) is 0 Å². The van der Waals surface area contributed by atoms with Crippen LogP contribution in [-0.4, -0.2) is 24.0 Å². The van der Waals surface area contributed by atoms with Crippen LogP contribution in [0.1, 0.15) is 51.9 Å². The number of carbonyl (C=O) groups excluding carboxylic acids is 1. The van der Waals surface area contributed by atoms with Crippen molar-refractivity contribution in [2.45, 2.75) is 51.9 Å². The Bertz CT molecular complexity index is 430. The summed E-state index contributed by atoms with van der Waals surface area (Å²) < 4.78 is 5.29. The standard InChI is InChI=1S/C16H25NO4/c1-2-3-6-21-15(18)9-16(10-17(19)20)13-5-4-11-7-12(13)14(16)8-11/h11-14H,2-10H2,1H3/t11-,12-,13+,14-,16-/m1/s1. The van der Waals surface area contributed by atoms with E-state index in [0.29, 0.717) is 24.4 Å². The van der Waals surface area contributed by atoms with Gasteiger partial charge in [0.15, 0.2) is 0 Å². The van der Waals surface area contributed by atoms with E-state index in [1.807, 2.05) is 0 Å². The number of rotatable bonds is 7. The molecule has 0 aromatic carbocycles. The third kappa shape index (κ3) is 2.44. The summed E-state index contributed by atoms with van der Waals surface area (Å²) in [7, 11) is 0. The van der Waals surface area contributed by atoms with Gasteiger partial charge in [-0.1, -0.05) is 19.8 Å². The Morgan fingerprint density at radius 3 is 2.86 bits per heavy atom. The Morgan fingerprint density at radius 1 is 1.33 bits per heavy atom. The van der Waals surface area contributed by atoms with Crippen molar-refractivity contribution < 1.29 is 14.5 Å². The molecule has 0 aromatic rings. The van der Waals surface area contributed by atoms with Crippen LogP contribution in [0.25, 0.3) is 0 Å². The Balaban J connectivity index is 1.70. The van der Waals surface area contributed by atoms with Gasteiger partial charge in [-0.15, -0.1) is 0 Å². The van der Waals surface area contributed by atoms with Crippen molar-refractivity contribution in [1.29, 1.82) is 0 Å². The minimum absolute atomic E-state index is 0.0472. The van der Waals surface area contributed by atoms with Crippen molar-refractivity contribution in [2.24, 2.45) is 29.1 Å². The molecule has 0 radical (unpaired) electrons. The first kappa shape index (κ1) is 14.8. The van der Waals surface area contributed by atoms with Crippen LogP contribution in [0, 0.1) is 39.2 Å². The van der Waals surface area contributed by atoms with Gasteiger partial charge >= 0.3 is 5.97 Å². The van der Waals surface area contributed by atoms with Crippen LogP contribution < -0.4 is 0 Å². The molecule has 3 aliphatic carbocycles. The number of esters is 1. The van der Waals surface area contributed by atoms with E-state index in [1.54, 1.807) is 0 Å². The van der Waals surface area contributed by atoms with Gasteiger partial charge in [-0.25, -0.2) is 0 Å². The van der Waals surface area contributed by atoms with E-state index < -0.39 is 5.41 Å². The zero-order valence-corrected chi connectivity index (χ0v) is 12.8. The van der Waals surface area contributed by atoms with Gasteiger partial charge in [0.05, 0.1) is 18.4 Å². The third-order valence-corrected chi connectivity index (χ3v) is 6.25. The molecule has 118 valence electrons. The SMILES string of the molecule is CCCCOC(=O)C[C@]1(C[N+](=O)[O-])[C@@H]2C[C@@H]3CC[C@H]1[C@H]2C3. The molecule has 21 heavy (non-hydrogen) atoms. The third-order valence-electron chi connectivity index (χ3n) is 6.25. The monoisotopic (exact) mass is 295 g/mol. The van der Waals surface area contributed by atoms with Crippen LogP contribution in [0.5, 0.6) is 0 Å². The Labute approximate surface area is 125 Å². The maximum Gasteiger partial charge on any atom is 0.306 e. The van der Waals surface area contributed by atoms with Crippen LogP contribution >= 0.6 is 0 Å². The Hall–Kier alpha value is -1.13. The van der Waals surface area contributed by atoms with Crippen molar-refractivity contribution in [3.63, 3.8) is 0 Å². The second-order valence-corrected chi connectivity index (χ2v) is 7.27. The predicted molar refractivity (Wildman–Crippen MR) is 77.2 cm³/mol. The molecular weight excluding hydrogens is 270 g/mol. The first-order chi connectivity index (χ1) is 10.1. The lowest BCUT2D eigenvalue weighted by atomic mass is 9.45. The summed E-state index contributed by atoms with van der Waals surface area (Å²) in [4.78, 5) is 23.1. The zero-order valence-electron chi connectivity index (χ0n) is 12.8. The quantitative estimate of drug-likeness (QED) is 0.313. The fourth-order valence-electron chi connectivity index (χ4n) is 5.46. The van der Waals surface area contributed by atoms with Gasteiger partial charge < -0.3 is 4.74 Å². The molecule has 0 N–H and O–H groups in total. The molecule has 5 nitrogen and oxygen atoms in total. The molecule has 0 heterocycles. The minimum atomic E-state index is -0.400. The van der Waals surface area contributed by atoms with Crippen LogP contribution in [0.3, 0.4) is 0 Å². The number of fused-ring (bicyclic) bond motifs is 1. The van der Waals surface area contributed by atoms with Crippen molar-refractivity contribution in [3.8, 4) is 0 Å². The lowest BCUT2D eigenvalue weighted by molar-refractivity contribution is -0.511. The summed E-state index contributed by atoms with van der Waals surface area (Å²) >= 11 is 0. The highest BCUT2D eigenvalue weighted by molar-refractivity contribution is 5.70. The van der Waals surface area contributed by atoms with Gasteiger partial charge in [-0.05, 0) is 49.4 Å². The molecule has 2 bridgehead atoms. The maximum absolute atomic E-state index is 12.1. The summed E-state index contributed by atoms with van der Waals surface area (Å²) in [6.07, 6.45) is 6.71. The van der Waals surface area contributed by atoms with Crippen molar-refractivity contribution in [2.75, 3.05) is 13.2 Å². The normalized spacial score (nSPS) is 39.7. The van der Waals surface area contributed by atoms with Crippen LogP contribution in [-0.2, 0) is 9.53 Å². The molecule has 3 fully saturated rings. The van der Waals surface area contributed by atoms with Crippen LogP contribution in [0.4, 0.5) is 0 Å². The van der Waals surface area contributed by atoms with Gasteiger partial charge in [0.1, 0.15) is 0 Å². The molecule has 0 spiro atoms. The summed E-state index contributed by atoms with van der Waals surface area (Å²) in [5.41, 5.74) is -0.400. The molecule has 3 rings (SSSR count). The number of hydrogen-bond acceptors (Lipinski definition) is 4. The summed E-state index contributed by atoms with van der Waals surface area (Å²) in [6.45, 7) is 2.45. The predicted octanol–water partition coefficient (Wildman–Crippen LogP) is 3.05. The number of nitro groups is 1. The Kier molecular flexibility index (Phi) is 3.93. The number of hydrogen-bond donors (Lipinski definition) is 0. The molecule has 3 saturated carbocycles. The largest absolute Gasteiger partial charge is 0.466 e. The number of carbonyl (C=O) groups is 1. The van der Waals surface area contributed by atoms with Gasteiger partial charge in [0.25, 0.3) is 0 Å². The highest BCUT2D eigenvalue weighted by Crippen LogP contribution is 2.70. The molecule has 3 aliphatic rings. The van der Waals surface area contributed by atoms with Crippen molar-refractivity contribution >= 4 is 5.97 Å². The maximum atomic E-state index is 12.1. The van der Waals surface area contributed by atoms with E-state index in [1.165, 1.54) is 12.8 Å².